The number of benzene rings is 1. The van der Waals surface area contributed by atoms with Crippen LogP contribution in [-0.4, -0.2) is 20.2 Å². The quantitative estimate of drug-likeness (QED) is 0.632. The SMILES string of the molecule is Fc1cccc(C2(Cc3ncc(-c4nnc(C(F)(F)F)o4)cn3)CCC2)c1. The Balaban J connectivity index is 1.55. The van der Waals surface area contributed by atoms with Crippen LogP contribution in [-0.2, 0) is 18.0 Å². The van der Waals surface area contributed by atoms with Crippen LogP contribution in [0.15, 0.2) is 41.1 Å². The summed E-state index contributed by atoms with van der Waals surface area (Å²) in [4.78, 5) is 8.45. The molecule has 3 aromatic rings. The Morgan fingerprint density at radius 1 is 1.07 bits per heavy atom. The number of hydrogen-bond acceptors (Lipinski definition) is 5. The van der Waals surface area contributed by atoms with Gasteiger partial charge in [0.05, 0.1) is 5.56 Å². The lowest BCUT2D eigenvalue weighted by Crippen LogP contribution is -2.37. The monoisotopic (exact) mass is 378 g/mol. The molecular formula is C18H14F4N4O. The van der Waals surface area contributed by atoms with Gasteiger partial charge in [-0.1, -0.05) is 18.6 Å². The maximum atomic E-state index is 13.6. The minimum absolute atomic E-state index is 0.204. The van der Waals surface area contributed by atoms with Gasteiger partial charge in [-0.15, -0.1) is 10.2 Å². The van der Waals surface area contributed by atoms with E-state index in [1.807, 2.05) is 6.07 Å². The van der Waals surface area contributed by atoms with Gasteiger partial charge in [0.15, 0.2) is 0 Å². The fourth-order valence-electron chi connectivity index (χ4n) is 3.30. The molecule has 1 aliphatic carbocycles. The molecule has 1 fully saturated rings. The molecule has 0 saturated heterocycles. The van der Waals surface area contributed by atoms with Crippen molar-refractivity contribution in [1.82, 2.24) is 20.2 Å². The van der Waals surface area contributed by atoms with Crippen LogP contribution in [0.4, 0.5) is 17.6 Å². The van der Waals surface area contributed by atoms with E-state index in [1.165, 1.54) is 24.5 Å². The van der Waals surface area contributed by atoms with Crippen LogP contribution < -0.4 is 0 Å². The second-order valence-corrected chi connectivity index (χ2v) is 6.62. The first-order chi connectivity index (χ1) is 12.9. The van der Waals surface area contributed by atoms with Gasteiger partial charge < -0.3 is 4.42 Å². The van der Waals surface area contributed by atoms with Gasteiger partial charge in [-0.3, -0.25) is 0 Å². The zero-order chi connectivity index (χ0) is 19.1. The summed E-state index contributed by atoms with van der Waals surface area (Å²) in [6.45, 7) is 0. The normalized spacial score (nSPS) is 16.1. The standard InChI is InChI=1S/C18H14F4N4O/c19-13-4-1-3-12(7-13)17(5-2-6-17)8-14-23-9-11(10-24-14)15-25-26-16(27-15)18(20,21)22/h1,3-4,7,9-10H,2,5-6,8H2. The molecule has 5 nitrogen and oxygen atoms in total. The van der Waals surface area contributed by atoms with E-state index in [2.05, 4.69) is 24.6 Å². The first-order valence-electron chi connectivity index (χ1n) is 8.34. The van der Waals surface area contributed by atoms with Gasteiger partial charge in [-0.25, -0.2) is 14.4 Å². The van der Waals surface area contributed by atoms with Crippen molar-refractivity contribution in [2.45, 2.75) is 37.3 Å². The van der Waals surface area contributed by atoms with Crippen molar-refractivity contribution < 1.29 is 22.0 Å². The molecule has 1 saturated carbocycles. The molecule has 0 bridgehead atoms. The van der Waals surface area contributed by atoms with Crippen molar-refractivity contribution in [2.24, 2.45) is 0 Å². The maximum Gasteiger partial charge on any atom is 0.470 e. The largest absolute Gasteiger partial charge is 0.470 e. The highest BCUT2D eigenvalue weighted by molar-refractivity contribution is 5.48. The van der Waals surface area contributed by atoms with Crippen molar-refractivity contribution in [3.8, 4) is 11.5 Å². The number of nitrogens with zero attached hydrogens (tertiary/aromatic N) is 4. The van der Waals surface area contributed by atoms with Crippen molar-refractivity contribution in [2.75, 3.05) is 0 Å². The maximum absolute atomic E-state index is 13.6. The lowest BCUT2D eigenvalue weighted by atomic mass is 9.62. The summed E-state index contributed by atoms with van der Waals surface area (Å²) in [6, 6.07) is 6.52. The number of aromatic nitrogens is 4. The van der Waals surface area contributed by atoms with Crippen molar-refractivity contribution in [3.63, 3.8) is 0 Å². The molecular weight excluding hydrogens is 364 g/mol. The Labute approximate surface area is 151 Å². The second-order valence-electron chi connectivity index (χ2n) is 6.62. The number of alkyl halides is 3. The third-order valence-electron chi connectivity index (χ3n) is 4.86. The molecule has 0 radical (unpaired) electrons. The molecule has 0 N–H and O–H groups in total. The van der Waals surface area contributed by atoms with Gasteiger partial charge in [0.1, 0.15) is 11.6 Å². The Kier molecular flexibility index (Phi) is 4.16. The van der Waals surface area contributed by atoms with Crippen molar-refractivity contribution in [1.29, 1.82) is 0 Å². The molecule has 4 rings (SSSR count). The number of halogens is 4. The highest BCUT2D eigenvalue weighted by Crippen LogP contribution is 2.46. The van der Waals surface area contributed by atoms with E-state index >= 15 is 0 Å². The van der Waals surface area contributed by atoms with E-state index in [1.54, 1.807) is 6.07 Å². The summed E-state index contributed by atoms with van der Waals surface area (Å²) in [7, 11) is 0. The molecule has 140 valence electrons. The van der Waals surface area contributed by atoms with Gasteiger partial charge in [0, 0.05) is 24.2 Å². The smallest absolute Gasteiger partial charge is 0.413 e. The first-order valence-corrected chi connectivity index (χ1v) is 8.34. The summed E-state index contributed by atoms with van der Waals surface area (Å²) in [5, 5.41) is 6.37. The van der Waals surface area contributed by atoms with Crippen LogP contribution in [0.25, 0.3) is 11.5 Å². The summed E-state index contributed by atoms with van der Waals surface area (Å²) < 4.78 is 55.9. The van der Waals surface area contributed by atoms with Crippen LogP contribution in [0, 0.1) is 5.82 Å². The van der Waals surface area contributed by atoms with Crippen LogP contribution in [0.2, 0.25) is 0 Å². The van der Waals surface area contributed by atoms with E-state index < -0.39 is 12.1 Å². The third-order valence-corrected chi connectivity index (χ3v) is 4.86. The zero-order valence-electron chi connectivity index (χ0n) is 14.0. The molecule has 27 heavy (non-hydrogen) atoms. The average molecular weight is 378 g/mol. The lowest BCUT2D eigenvalue weighted by Gasteiger charge is -2.42. The van der Waals surface area contributed by atoms with Gasteiger partial charge in [0.2, 0.25) is 0 Å². The molecule has 0 atom stereocenters. The van der Waals surface area contributed by atoms with E-state index in [-0.39, 0.29) is 22.7 Å². The zero-order valence-corrected chi connectivity index (χ0v) is 14.0. The Morgan fingerprint density at radius 3 is 2.37 bits per heavy atom. The highest BCUT2D eigenvalue weighted by Gasteiger charge is 2.40. The molecule has 0 unspecified atom stereocenters. The second kappa shape index (κ2) is 6.40. The minimum atomic E-state index is -4.70. The third kappa shape index (κ3) is 3.41. The van der Waals surface area contributed by atoms with Gasteiger partial charge in [0.25, 0.3) is 5.89 Å². The summed E-state index contributed by atoms with van der Waals surface area (Å²) in [5.74, 6) is -1.47. The fraction of sp³-hybridized carbons (Fsp3) is 0.333. The van der Waals surface area contributed by atoms with Gasteiger partial charge in [-0.2, -0.15) is 13.2 Å². The summed E-state index contributed by atoms with van der Waals surface area (Å²) >= 11 is 0. The number of rotatable bonds is 4. The van der Waals surface area contributed by atoms with E-state index in [4.69, 9.17) is 0 Å². The van der Waals surface area contributed by atoms with Crippen LogP contribution in [0.1, 0.15) is 36.5 Å². The van der Waals surface area contributed by atoms with Gasteiger partial charge in [-0.05, 0) is 30.5 Å². The molecule has 0 spiro atoms. The predicted molar refractivity (Wildman–Crippen MR) is 86.0 cm³/mol. The van der Waals surface area contributed by atoms with Crippen LogP contribution in [0.5, 0.6) is 0 Å². The topological polar surface area (TPSA) is 64.7 Å². The lowest BCUT2D eigenvalue weighted by molar-refractivity contribution is -0.156. The fourth-order valence-corrected chi connectivity index (χ4v) is 3.30. The summed E-state index contributed by atoms with van der Waals surface area (Å²) in [5.41, 5.74) is 0.903. The molecule has 0 amide bonds. The van der Waals surface area contributed by atoms with E-state index in [9.17, 15) is 17.6 Å². The average Bonchev–Trinajstić information content (AvgIpc) is 3.09. The highest BCUT2D eigenvalue weighted by atomic mass is 19.4. The Bertz CT molecular complexity index is 948. The van der Waals surface area contributed by atoms with Crippen molar-refractivity contribution >= 4 is 0 Å². The molecule has 9 heteroatoms. The predicted octanol–water partition coefficient (Wildman–Crippen LogP) is 4.35. The molecule has 1 aliphatic rings. The first kappa shape index (κ1) is 17.6. The molecule has 2 heterocycles. The summed E-state index contributed by atoms with van der Waals surface area (Å²) in [6.07, 6.45) is 1.38. The van der Waals surface area contributed by atoms with Gasteiger partial charge >= 0.3 is 12.1 Å². The van der Waals surface area contributed by atoms with Crippen molar-refractivity contribution in [3.05, 3.63) is 59.8 Å². The Hall–Kier alpha value is -2.84. The van der Waals surface area contributed by atoms with Crippen LogP contribution >= 0.6 is 0 Å². The minimum Gasteiger partial charge on any atom is -0.413 e. The van der Waals surface area contributed by atoms with Crippen LogP contribution in [0.3, 0.4) is 0 Å². The molecule has 0 aliphatic heterocycles. The van der Waals surface area contributed by atoms with E-state index in [0.717, 1.165) is 24.8 Å². The Morgan fingerprint density at radius 2 is 1.81 bits per heavy atom. The number of hydrogen-bond donors (Lipinski definition) is 0. The molecule has 1 aromatic carbocycles. The van der Waals surface area contributed by atoms with E-state index in [0.29, 0.717) is 12.2 Å². The molecule has 2 aromatic heterocycles.